The van der Waals surface area contributed by atoms with Crippen LogP contribution in [-0.2, 0) is 20.9 Å². The highest BCUT2D eigenvalue weighted by molar-refractivity contribution is 5.93. The van der Waals surface area contributed by atoms with Gasteiger partial charge in [0.25, 0.3) is 5.91 Å². The highest BCUT2D eigenvalue weighted by Crippen LogP contribution is 2.20. The summed E-state index contributed by atoms with van der Waals surface area (Å²) in [5, 5.41) is 15.1. The molecule has 2 atom stereocenters. The number of carbonyl (C=O) groups excluding carboxylic acids is 1. The summed E-state index contributed by atoms with van der Waals surface area (Å²) < 4.78 is 6.67. The van der Waals surface area contributed by atoms with Crippen molar-refractivity contribution in [1.29, 1.82) is 0 Å². The zero-order chi connectivity index (χ0) is 13.1. The first kappa shape index (κ1) is 12.6. The Balaban J connectivity index is 1.91. The minimum atomic E-state index is -0.982. The van der Waals surface area contributed by atoms with Crippen LogP contribution in [-0.4, -0.2) is 39.0 Å². The second-order valence-corrected chi connectivity index (χ2v) is 4.29. The monoisotopic (exact) mass is 253 g/mol. The van der Waals surface area contributed by atoms with Crippen LogP contribution >= 0.6 is 0 Å². The van der Waals surface area contributed by atoms with E-state index in [1.165, 1.54) is 10.9 Å². The van der Waals surface area contributed by atoms with E-state index in [-0.39, 0.29) is 18.6 Å². The van der Waals surface area contributed by atoms with E-state index in [0.717, 1.165) is 6.42 Å². The van der Waals surface area contributed by atoms with Gasteiger partial charge in [0.2, 0.25) is 0 Å². The molecule has 2 N–H and O–H groups in total. The Morgan fingerprint density at radius 3 is 3.00 bits per heavy atom. The van der Waals surface area contributed by atoms with Crippen LogP contribution in [0.2, 0.25) is 0 Å². The fourth-order valence-electron chi connectivity index (χ4n) is 1.86. The number of anilines is 1. The Morgan fingerprint density at radius 1 is 1.61 bits per heavy atom. The van der Waals surface area contributed by atoms with Gasteiger partial charge < -0.3 is 15.2 Å². The minimum Gasteiger partial charge on any atom is -0.480 e. The number of carboxylic acid groups (broad SMARTS) is 1. The smallest absolute Gasteiger partial charge is 0.325 e. The zero-order valence-electron chi connectivity index (χ0n) is 10.00. The number of aliphatic carboxylic acids is 1. The normalized spacial score (nSPS) is 22.9. The van der Waals surface area contributed by atoms with Crippen molar-refractivity contribution in [2.45, 2.75) is 38.5 Å². The lowest BCUT2D eigenvalue weighted by Crippen LogP contribution is -2.28. The number of rotatable bonds is 4. The van der Waals surface area contributed by atoms with E-state index in [0.29, 0.717) is 12.2 Å². The van der Waals surface area contributed by atoms with Gasteiger partial charge in [0, 0.05) is 12.3 Å². The molecule has 98 valence electrons. The molecule has 0 bridgehead atoms. The lowest BCUT2D eigenvalue weighted by molar-refractivity contribution is -0.137. The highest BCUT2D eigenvalue weighted by Gasteiger charge is 2.28. The van der Waals surface area contributed by atoms with Crippen LogP contribution in [0, 0.1) is 0 Å². The predicted molar refractivity (Wildman–Crippen MR) is 62.1 cm³/mol. The number of nitrogens with zero attached hydrogens (tertiary/aromatic N) is 2. The Morgan fingerprint density at radius 2 is 2.39 bits per heavy atom. The van der Waals surface area contributed by atoms with Gasteiger partial charge in [-0.3, -0.25) is 14.3 Å². The molecule has 1 saturated heterocycles. The van der Waals surface area contributed by atoms with Gasteiger partial charge in [-0.1, -0.05) is 0 Å². The molecular formula is C11H15N3O4. The average molecular weight is 253 g/mol. The van der Waals surface area contributed by atoms with Crippen molar-refractivity contribution >= 4 is 17.7 Å². The second kappa shape index (κ2) is 5.18. The largest absolute Gasteiger partial charge is 0.480 e. The van der Waals surface area contributed by atoms with E-state index < -0.39 is 12.1 Å². The van der Waals surface area contributed by atoms with Crippen molar-refractivity contribution in [2.75, 3.05) is 5.32 Å². The van der Waals surface area contributed by atoms with Crippen LogP contribution < -0.4 is 5.32 Å². The quantitative estimate of drug-likeness (QED) is 0.813. The molecule has 0 aliphatic carbocycles. The van der Waals surface area contributed by atoms with Crippen molar-refractivity contribution in [1.82, 2.24) is 9.78 Å². The summed E-state index contributed by atoms with van der Waals surface area (Å²) in [7, 11) is 0. The second-order valence-electron chi connectivity index (χ2n) is 4.29. The Labute approximate surface area is 104 Å². The van der Waals surface area contributed by atoms with E-state index >= 15 is 0 Å². The summed E-state index contributed by atoms with van der Waals surface area (Å²) in [6, 6.07) is 1.55. The summed E-state index contributed by atoms with van der Waals surface area (Å²) in [6.45, 7) is 1.70. The fourth-order valence-corrected chi connectivity index (χ4v) is 1.86. The maximum absolute atomic E-state index is 11.8. The van der Waals surface area contributed by atoms with Crippen LogP contribution in [0.3, 0.4) is 0 Å². The molecule has 18 heavy (non-hydrogen) atoms. The van der Waals surface area contributed by atoms with Crippen molar-refractivity contribution < 1.29 is 19.4 Å². The summed E-state index contributed by atoms with van der Waals surface area (Å²) in [6.07, 6.45) is 2.73. The molecule has 1 amide bonds. The Kier molecular flexibility index (Phi) is 3.61. The van der Waals surface area contributed by atoms with Gasteiger partial charge in [-0.15, -0.1) is 0 Å². The highest BCUT2D eigenvalue weighted by atomic mass is 16.5. The van der Waals surface area contributed by atoms with Crippen LogP contribution in [0.15, 0.2) is 12.3 Å². The van der Waals surface area contributed by atoms with E-state index in [2.05, 4.69) is 10.4 Å². The third kappa shape index (κ3) is 3.07. The zero-order valence-corrected chi connectivity index (χ0v) is 10.00. The molecule has 2 heterocycles. The van der Waals surface area contributed by atoms with Crippen LogP contribution in [0.25, 0.3) is 0 Å². The first-order valence-electron chi connectivity index (χ1n) is 5.76. The molecule has 1 aromatic heterocycles. The Bertz CT molecular complexity index is 457. The topological polar surface area (TPSA) is 93.5 Å². The Hall–Kier alpha value is -1.89. The molecule has 7 heteroatoms. The van der Waals surface area contributed by atoms with Gasteiger partial charge in [-0.25, -0.2) is 0 Å². The van der Waals surface area contributed by atoms with Crippen molar-refractivity contribution in [3.8, 4) is 0 Å². The SMILES string of the molecule is CC1CCC(C(=O)Nc2ccn(CC(=O)O)n2)O1. The molecule has 0 spiro atoms. The number of ether oxygens (including phenoxy) is 1. The lowest BCUT2D eigenvalue weighted by atomic mass is 10.2. The first-order chi connectivity index (χ1) is 8.54. The van der Waals surface area contributed by atoms with Crippen molar-refractivity contribution in [3.63, 3.8) is 0 Å². The van der Waals surface area contributed by atoms with E-state index in [1.54, 1.807) is 6.07 Å². The number of hydrogen-bond donors (Lipinski definition) is 2. The lowest BCUT2D eigenvalue weighted by Gasteiger charge is -2.09. The predicted octanol–water partition coefficient (Wildman–Crippen LogP) is 0.474. The number of amides is 1. The first-order valence-corrected chi connectivity index (χ1v) is 5.76. The molecule has 1 aliphatic rings. The summed E-state index contributed by atoms with van der Waals surface area (Å²) >= 11 is 0. The summed E-state index contributed by atoms with van der Waals surface area (Å²) in [5.74, 6) is -0.881. The molecule has 2 unspecified atom stereocenters. The molecule has 2 rings (SSSR count). The van der Waals surface area contributed by atoms with Gasteiger partial charge in [-0.05, 0) is 19.8 Å². The van der Waals surface area contributed by atoms with Crippen molar-refractivity contribution in [2.24, 2.45) is 0 Å². The molecule has 1 aliphatic heterocycles. The van der Waals surface area contributed by atoms with Crippen LogP contribution in [0.1, 0.15) is 19.8 Å². The third-order valence-corrected chi connectivity index (χ3v) is 2.71. The number of nitrogens with one attached hydrogen (secondary N) is 1. The van der Waals surface area contributed by atoms with Gasteiger partial charge in [0.05, 0.1) is 6.10 Å². The molecule has 1 fully saturated rings. The van der Waals surface area contributed by atoms with E-state index in [1.807, 2.05) is 6.92 Å². The fraction of sp³-hybridized carbons (Fsp3) is 0.545. The standard InChI is InChI=1S/C11H15N3O4/c1-7-2-3-8(18-7)11(17)12-9-4-5-14(13-9)6-10(15)16/h4-5,7-8H,2-3,6H2,1H3,(H,15,16)(H,12,13,17). The van der Waals surface area contributed by atoms with Crippen LogP contribution in [0.5, 0.6) is 0 Å². The molecule has 1 aromatic rings. The molecule has 0 aromatic carbocycles. The molecular weight excluding hydrogens is 238 g/mol. The summed E-state index contributed by atoms with van der Waals surface area (Å²) in [5.41, 5.74) is 0. The number of hydrogen-bond acceptors (Lipinski definition) is 4. The average Bonchev–Trinajstić information content (AvgIpc) is 2.87. The van der Waals surface area contributed by atoms with E-state index in [4.69, 9.17) is 9.84 Å². The van der Waals surface area contributed by atoms with Gasteiger partial charge >= 0.3 is 5.97 Å². The van der Waals surface area contributed by atoms with Gasteiger partial charge in [0.1, 0.15) is 12.6 Å². The third-order valence-electron chi connectivity index (χ3n) is 2.71. The number of carboxylic acids is 1. The van der Waals surface area contributed by atoms with E-state index in [9.17, 15) is 9.59 Å². The van der Waals surface area contributed by atoms with Gasteiger partial charge in [0.15, 0.2) is 5.82 Å². The molecule has 0 saturated carbocycles. The maximum Gasteiger partial charge on any atom is 0.325 e. The number of aromatic nitrogens is 2. The molecule has 7 nitrogen and oxygen atoms in total. The van der Waals surface area contributed by atoms with Crippen LogP contribution in [0.4, 0.5) is 5.82 Å². The number of carbonyl (C=O) groups is 2. The maximum atomic E-state index is 11.8. The molecule has 0 radical (unpaired) electrons. The van der Waals surface area contributed by atoms with Gasteiger partial charge in [-0.2, -0.15) is 5.10 Å². The minimum absolute atomic E-state index is 0.102. The van der Waals surface area contributed by atoms with Crippen molar-refractivity contribution in [3.05, 3.63) is 12.3 Å². The summed E-state index contributed by atoms with van der Waals surface area (Å²) in [4.78, 5) is 22.3.